The van der Waals surface area contributed by atoms with Gasteiger partial charge in [0, 0.05) is 13.1 Å². The molecular formula is C20H22N2O4S. The minimum absolute atomic E-state index is 0.129. The maximum absolute atomic E-state index is 12.9. The summed E-state index contributed by atoms with van der Waals surface area (Å²) in [6.45, 7) is 4.46. The van der Waals surface area contributed by atoms with Gasteiger partial charge in [-0.2, -0.15) is 4.31 Å². The van der Waals surface area contributed by atoms with Crippen LogP contribution in [0.1, 0.15) is 19.3 Å². The van der Waals surface area contributed by atoms with Crippen molar-refractivity contribution < 1.29 is 17.9 Å². The molecule has 0 atom stereocenters. The Hall–Kier alpha value is -2.64. The monoisotopic (exact) mass is 386 g/mol. The molecule has 1 fully saturated rings. The van der Waals surface area contributed by atoms with Gasteiger partial charge in [0.1, 0.15) is 5.75 Å². The minimum Gasteiger partial charge on any atom is -0.455 e. The van der Waals surface area contributed by atoms with Crippen molar-refractivity contribution in [3.05, 3.63) is 61.2 Å². The Bertz CT molecular complexity index is 920. The SMILES string of the molecule is C=CC(=O)Nc1cc(S(=O)(=O)N2CCCCC2)ccc1Oc1ccccc1. The molecular weight excluding hydrogens is 364 g/mol. The molecule has 6 nitrogen and oxygen atoms in total. The number of carbonyl (C=O) groups is 1. The van der Waals surface area contributed by atoms with Gasteiger partial charge in [-0.25, -0.2) is 8.42 Å². The first-order valence-electron chi connectivity index (χ1n) is 8.81. The number of benzene rings is 2. The molecule has 2 aromatic rings. The second kappa shape index (κ2) is 8.37. The van der Waals surface area contributed by atoms with Gasteiger partial charge in [0.05, 0.1) is 10.6 Å². The van der Waals surface area contributed by atoms with Crippen LogP contribution in [0.25, 0.3) is 0 Å². The van der Waals surface area contributed by atoms with E-state index in [-0.39, 0.29) is 10.6 Å². The van der Waals surface area contributed by atoms with Gasteiger partial charge in [0.15, 0.2) is 5.75 Å². The van der Waals surface area contributed by atoms with E-state index in [1.54, 1.807) is 18.2 Å². The molecule has 1 aliphatic rings. The van der Waals surface area contributed by atoms with Gasteiger partial charge in [-0.1, -0.05) is 31.2 Å². The molecule has 0 saturated carbocycles. The Morgan fingerprint density at radius 3 is 2.44 bits per heavy atom. The molecule has 3 rings (SSSR count). The molecule has 27 heavy (non-hydrogen) atoms. The first-order chi connectivity index (χ1) is 13.0. The Balaban J connectivity index is 1.95. The zero-order chi connectivity index (χ0) is 19.3. The predicted octanol–water partition coefficient (Wildman–Crippen LogP) is 3.78. The lowest BCUT2D eigenvalue weighted by molar-refractivity contribution is -0.111. The summed E-state index contributed by atoms with van der Waals surface area (Å²) in [5, 5.41) is 2.63. The molecule has 0 aromatic heterocycles. The molecule has 1 N–H and O–H groups in total. The number of sulfonamides is 1. The average molecular weight is 386 g/mol. The molecule has 0 spiro atoms. The summed E-state index contributed by atoms with van der Waals surface area (Å²) >= 11 is 0. The number of nitrogens with one attached hydrogen (secondary N) is 1. The highest BCUT2D eigenvalue weighted by molar-refractivity contribution is 7.89. The second-order valence-electron chi connectivity index (χ2n) is 6.23. The van der Waals surface area contributed by atoms with Gasteiger partial charge in [0.25, 0.3) is 0 Å². The third-order valence-electron chi connectivity index (χ3n) is 4.32. The zero-order valence-corrected chi connectivity index (χ0v) is 15.7. The Morgan fingerprint density at radius 2 is 1.78 bits per heavy atom. The predicted molar refractivity (Wildman–Crippen MR) is 104 cm³/mol. The van der Waals surface area contributed by atoms with E-state index in [4.69, 9.17) is 4.74 Å². The number of ether oxygens (including phenoxy) is 1. The Labute approximate surface area is 159 Å². The lowest BCUT2D eigenvalue weighted by Gasteiger charge is -2.26. The van der Waals surface area contributed by atoms with E-state index in [0.29, 0.717) is 24.6 Å². The van der Waals surface area contributed by atoms with Crippen LogP contribution in [0.15, 0.2) is 66.1 Å². The molecule has 1 amide bonds. The van der Waals surface area contributed by atoms with Crippen LogP contribution in [0, 0.1) is 0 Å². The first-order valence-corrected chi connectivity index (χ1v) is 10.3. The van der Waals surface area contributed by atoms with Crippen LogP contribution in [-0.4, -0.2) is 31.7 Å². The quantitative estimate of drug-likeness (QED) is 0.767. The van der Waals surface area contributed by atoms with Gasteiger partial charge in [0.2, 0.25) is 15.9 Å². The Morgan fingerprint density at radius 1 is 1.07 bits per heavy atom. The number of hydrogen-bond acceptors (Lipinski definition) is 4. The van der Waals surface area contributed by atoms with Gasteiger partial charge in [-0.05, 0) is 49.2 Å². The number of nitrogens with zero attached hydrogens (tertiary/aromatic N) is 1. The summed E-state index contributed by atoms with van der Waals surface area (Å²) in [5.41, 5.74) is 0.279. The summed E-state index contributed by atoms with van der Waals surface area (Å²) in [6.07, 6.45) is 3.87. The molecule has 1 aliphatic heterocycles. The van der Waals surface area contributed by atoms with Gasteiger partial charge in [-0.15, -0.1) is 0 Å². The van der Waals surface area contributed by atoms with E-state index >= 15 is 0 Å². The van der Waals surface area contributed by atoms with Crippen LogP contribution < -0.4 is 10.1 Å². The van der Waals surface area contributed by atoms with Crippen molar-refractivity contribution in [2.24, 2.45) is 0 Å². The van der Waals surface area contributed by atoms with Crippen LogP contribution in [0.5, 0.6) is 11.5 Å². The van der Waals surface area contributed by atoms with Crippen molar-refractivity contribution in [2.75, 3.05) is 18.4 Å². The third kappa shape index (κ3) is 4.56. The van der Waals surface area contributed by atoms with E-state index in [1.165, 1.54) is 16.4 Å². The van der Waals surface area contributed by atoms with Crippen molar-refractivity contribution in [1.82, 2.24) is 4.31 Å². The maximum atomic E-state index is 12.9. The fourth-order valence-electron chi connectivity index (χ4n) is 2.91. The molecule has 0 bridgehead atoms. The van der Waals surface area contributed by atoms with Crippen molar-refractivity contribution in [1.29, 1.82) is 0 Å². The minimum atomic E-state index is -3.62. The van der Waals surface area contributed by atoms with Gasteiger partial charge < -0.3 is 10.1 Å². The highest BCUT2D eigenvalue weighted by Crippen LogP contribution is 2.33. The zero-order valence-electron chi connectivity index (χ0n) is 14.9. The van der Waals surface area contributed by atoms with Crippen molar-refractivity contribution in [2.45, 2.75) is 24.2 Å². The lowest BCUT2D eigenvalue weighted by Crippen LogP contribution is -2.35. The fourth-order valence-corrected chi connectivity index (χ4v) is 4.45. The molecule has 0 unspecified atom stereocenters. The highest BCUT2D eigenvalue weighted by atomic mass is 32.2. The molecule has 1 saturated heterocycles. The molecule has 0 aliphatic carbocycles. The smallest absolute Gasteiger partial charge is 0.247 e. The maximum Gasteiger partial charge on any atom is 0.247 e. The number of anilines is 1. The number of hydrogen-bond donors (Lipinski definition) is 1. The summed E-state index contributed by atoms with van der Waals surface area (Å²) < 4.78 is 33.1. The second-order valence-corrected chi connectivity index (χ2v) is 8.17. The lowest BCUT2D eigenvalue weighted by atomic mass is 10.2. The summed E-state index contributed by atoms with van der Waals surface area (Å²) in [7, 11) is -3.62. The molecule has 2 aromatic carbocycles. The van der Waals surface area contributed by atoms with E-state index in [0.717, 1.165) is 25.3 Å². The summed E-state index contributed by atoms with van der Waals surface area (Å²) in [5.74, 6) is 0.493. The fraction of sp³-hybridized carbons (Fsp3) is 0.250. The Kier molecular flexibility index (Phi) is 5.93. The summed E-state index contributed by atoms with van der Waals surface area (Å²) in [4.78, 5) is 11.9. The number of amides is 1. The van der Waals surface area contributed by atoms with Crippen LogP contribution >= 0.6 is 0 Å². The van der Waals surface area contributed by atoms with Gasteiger partial charge in [-0.3, -0.25) is 4.79 Å². The van der Waals surface area contributed by atoms with E-state index < -0.39 is 15.9 Å². The molecule has 7 heteroatoms. The number of piperidine rings is 1. The largest absolute Gasteiger partial charge is 0.455 e. The number of para-hydroxylation sites is 1. The third-order valence-corrected chi connectivity index (χ3v) is 6.21. The van der Waals surface area contributed by atoms with Crippen LogP contribution in [0.3, 0.4) is 0 Å². The average Bonchev–Trinajstić information content (AvgIpc) is 2.70. The van der Waals surface area contributed by atoms with Crippen molar-refractivity contribution in [3.63, 3.8) is 0 Å². The molecule has 142 valence electrons. The van der Waals surface area contributed by atoms with E-state index in [1.807, 2.05) is 18.2 Å². The molecule has 1 heterocycles. The topological polar surface area (TPSA) is 75.7 Å². The van der Waals surface area contributed by atoms with Gasteiger partial charge >= 0.3 is 0 Å². The van der Waals surface area contributed by atoms with Crippen molar-refractivity contribution >= 4 is 21.6 Å². The van der Waals surface area contributed by atoms with Crippen LogP contribution in [-0.2, 0) is 14.8 Å². The normalized spacial score (nSPS) is 15.1. The molecule has 0 radical (unpaired) electrons. The van der Waals surface area contributed by atoms with E-state index in [9.17, 15) is 13.2 Å². The standard InChI is InChI=1S/C20H22N2O4S/c1-2-20(23)21-18-15-17(27(24,25)22-13-7-4-8-14-22)11-12-19(18)26-16-9-5-3-6-10-16/h2-3,5-6,9-12,15H,1,4,7-8,13-14H2,(H,21,23). The first kappa shape index (κ1) is 19.1. The number of rotatable bonds is 6. The van der Waals surface area contributed by atoms with E-state index in [2.05, 4.69) is 11.9 Å². The van der Waals surface area contributed by atoms with Crippen molar-refractivity contribution in [3.8, 4) is 11.5 Å². The van der Waals surface area contributed by atoms with Crippen LogP contribution in [0.2, 0.25) is 0 Å². The van der Waals surface area contributed by atoms with Crippen LogP contribution in [0.4, 0.5) is 5.69 Å². The highest BCUT2D eigenvalue weighted by Gasteiger charge is 2.27. The number of carbonyl (C=O) groups excluding carboxylic acids is 1. The summed E-state index contributed by atoms with van der Waals surface area (Å²) in [6, 6.07) is 13.6.